The van der Waals surface area contributed by atoms with Crippen LogP contribution in [0, 0.1) is 11.8 Å². The van der Waals surface area contributed by atoms with Crippen LogP contribution in [0.5, 0.6) is 0 Å². The highest BCUT2D eigenvalue weighted by Crippen LogP contribution is 2.29. The van der Waals surface area contributed by atoms with Crippen molar-refractivity contribution in [3.8, 4) is 22.5 Å². The zero-order valence-corrected chi connectivity index (χ0v) is 22.9. The number of tetrazole rings is 1. The third-order valence-corrected chi connectivity index (χ3v) is 6.74. The molecule has 3 aromatic rings. The van der Waals surface area contributed by atoms with Gasteiger partial charge >= 0.3 is 0 Å². The summed E-state index contributed by atoms with van der Waals surface area (Å²) >= 11 is 4.33. The molecule has 9 heteroatoms. The van der Waals surface area contributed by atoms with Crippen LogP contribution in [0.15, 0.2) is 48.5 Å². The van der Waals surface area contributed by atoms with E-state index in [1.165, 1.54) is 0 Å². The van der Waals surface area contributed by atoms with Crippen molar-refractivity contribution in [1.29, 1.82) is 0 Å². The fraction of sp³-hybridized carbons (Fsp3) is 0.464. The van der Waals surface area contributed by atoms with Crippen LogP contribution in [0.25, 0.3) is 22.5 Å². The van der Waals surface area contributed by atoms with Gasteiger partial charge in [0.05, 0.1) is 6.54 Å². The number of rotatable bonds is 14. The van der Waals surface area contributed by atoms with Gasteiger partial charge in [0.2, 0.25) is 17.6 Å². The molecule has 37 heavy (non-hydrogen) atoms. The first-order valence-electron chi connectivity index (χ1n) is 13.0. The molecule has 0 spiro atoms. The van der Waals surface area contributed by atoms with E-state index in [0.717, 1.165) is 47.9 Å². The van der Waals surface area contributed by atoms with E-state index in [1.807, 2.05) is 53.4 Å². The Kier molecular flexibility index (Phi) is 11.1. The van der Waals surface area contributed by atoms with Crippen LogP contribution in [0.1, 0.15) is 52.0 Å². The summed E-state index contributed by atoms with van der Waals surface area (Å²) < 4.78 is 0. The number of nitrogens with zero attached hydrogens (tertiary/aromatic N) is 4. The average molecular weight is 523 g/mol. The molecule has 1 aromatic heterocycles. The topological polar surface area (TPSA) is 104 Å². The number of aromatic nitrogens is 4. The Balaban J connectivity index is 1.68. The number of hydrogen-bond donors (Lipinski definition) is 3. The Morgan fingerprint density at radius 2 is 1.78 bits per heavy atom. The van der Waals surface area contributed by atoms with Gasteiger partial charge in [0, 0.05) is 30.3 Å². The van der Waals surface area contributed by atoms with Crippen LogP contribution in [-0.2, 0) is 16.1 Å². The molecule has 2 amide bonds. The van der Waals surface area contributed by atoms with Crippen LogP contribution in [0.4, 0.5) is 0 Å². The lowest BCUT2D eigenvalue weighted by Crippen LogP contribution is -2.42. The average Bonchev–Trinajstić information content (AvgIpc) is 3.45. The normalized spacial score (nSPS) is 11.9. The number of unbranched alkanes of at least 4 members (excludes halogenated alkanes) is 2. The van der Waals surface area contributed by atoms with Crippen molar-refractivity contribution in [2.24, 2.45) is 11.8 Å². The van der Waals surface area contributed by atoms with Crippen molar-refractivity contribution in [1.82, 2.24) is 30.8 Å². The molecular weight excluding hydrogens is 484 g/mol. The molecule has 0 radical (unpaired) electrons. The Bertz CT molecular complexity index is 1120. The number of aromatic amines is 1. The zero-order chi connectivity index (χ0) is 26.6. The van der Waals surface area contributed by atoms with Gasteiger partial charge in [-0.25, -0.2) is 0 Å². The molecule has 3 rings (SSSR count). The van der Waals surface area contributed by atoms with Crippen LogP contribution in [0.3, 0.4) is 0 Å². The van der Waals surface area contributed by atoms with Gasteiger partial charge in [-0.05, 0) is 40.7 Å². The number of benzene rings is 2. The lowest BCUT2D eigenvalue weighted by atomic mass is 9.98. The highest BCUT2D eigenvalue weighted by atomic mass is 32.1. The first-order valence-corrected chi connectivity index (χ1v) is 13.6. The third kappa shape index (κ3) is 8.42. The summed E-state index contributed by atoms with van der Waals surface area (Å²) in [6.07, 6.45) is 3.81. The minimum Gasteiger partial charge on any atom is -0.347 e. The molecule has 2 aromatic carbocycles. The summed E-state index contributed by atoms with van der Waals surface area (Å²) in [6.45, 7) is 7.46. The molecule has 198 valence electrons. The Labute approximate surface area is 225 Å². The SMILES string of the molecule is CCCCCN(Cc1ccc(-c2ccccc2-c2nn[nH]n2)cc1)C(=O)CNC(=O)C(CS)CC(C)C. The highest BCUT2D eigenvalue weighted by Gasteiger charge is 2.21. The standard InChI is InChI=1S/C28H38N6O2S/c1-4-5-8-15-34(26(35)17-29-28(36)23(19-37)16-20(2)3)18-21-11-13-22(14-12-21)24-9-6-7-10-25(24)27-30-32-33-31-27/h6-7,9-14,20,23,37H,4-5,8,15-19H2,1-3H3,(H,29,36)(H,30,31,32,33). The van der Waals surface area contributed by atoms with Crippen molar-refractivity contribution < 1.29 is 9.59 Å². The molecule has 0 aliphatic carbocycles. The fourth-order valence-electron chi connectivity index (χ4n) is 4.31. The van der Waals surface area contributed by atoms with Crippen molar-refractivity contribution in [2.45, 2.75) is 53.0 Å². The van der Waals surface area contributed by atoms with Gasteiger partial charge in [-0.15, -0.1) is 10.2 Å². The van der Waals surface area contributed by atoms with E-state index >= 15 is 0 Å². The molecule has 0 aliphatic heterocycles. The van der Waals surface area contributed by atoms with Crippen molar-refractivity contribution in [3.05, 3.63) is 54.1 Å². The van der Waals surface area contributed by atoms with Crippen molar-refractivity contribution >= 4 is 24.4 Å². The maximum absolute atomic E-state index is 13.1. The molecule has 0 saturated carbocycles. The predicted molar refractivity (Wildman–Crippen MR) is 150 cm³/mol. The van der Waals surface area contributed by atoms with Gasteiger partial charge in [0.1, 0.15) is 0 Å². The van der Waals surface area contributed by atoms with Gasteiger partial charge in [-0.2, -0.15) is 17.8 Å². The van der Waals surface area contributed by atoms with Gasteiger partial charge in [0.25, 0.3) is 0 Å². The lowest BCUT2D eigenvalue weighted by Gasteiger charge is -2.24. The van der Waals surface area contributed by atoms with E-state index in [-0.39, 0.29) is 24.3 Å². The van der Waals surface area contributed by atoms with Crippen molar-refractivity contribution in [3.63, 3.8) is 0 Å². The van der Waals surface area contributed by atoms with Crippen LogP contribution in [-0.4, -0.2) is 56.2 Å². The van der Waals surface area contributed by atoms with Gasteiger partial charge in [0.15, 0.2) is 0 Å². The summed E-state index contributed by atoms with van der Waals surface area (Å²) in [4.78, 5) is 27.6. The van der Waals surface area contributed by atoms with Gasteiger partial charge in [-0.1, -0.05) is 82.1 Å². The summed E-state index contributed by atoms with van der Waals surface area (Å²) in [5, 5.41) is 17.3. The molecule has 0 fully saturated rings. The molecule has 1 heterocycles. The molecule has 2 N–H and O–H groups in total. The second-order valence-electron chi connectivity index (χ2n) is 9.73. The minimum atomic E-state index is -0.187. The molecule has 1 atom stereocenters. The van der Waals surface area contributed by atoms with E-state index in [4.69, 9.17) is 0 Å². The number of thiol groups is 1. The second kappa shape index (κ2) is 14.5. The summed E-state index contributed by atoms with van der Waals surface area (Å²) in [5.74, 6) is 1.05. The molecular formula is C28H38N6O2S. The second-order valence-corrected chi connectivity index (χ2v) is 10.1. The Morgan fingerprint density at radius 3 is 2.41 bits per heavy atom. The summed E-state index contributed by atoms with van der Waals surface area (Å²) in [7, 11) is 0. The van der Waals surface area contributed by atoms with E-state index in [0.29, 0.717) is 30.6 Å². The number of nitrogens with one attached hydrogen (secondary N) is 2. The number of amides is 2. The molecule has 1 unspecified atom stereocenters. The maximum Gasteiger partial charge on any atom is 0.242 e. The van der Waals surface area contributed by atoms with Crippen LogP contribution < -0.4 is 5.32 Å². The van der Waals surface area contributed by atoms with Gasteiger partial charge in [-0.3, -0.25) is 9.59 Å². The van der Waals surface area contributed by atoms with Crippen LogP contribution in [0.2, 0.25) is 0 Å². The van der Waals surface area contributed by atoms with Gasteiger partial charge < -0.3 is 10.2 Å². The van der Waals surface area contributed by atoms with E-state index in [2.05, 4.69) is 59.3 Å². The summed E-state index contributed by atoms with van der Waals surface area (Å²) in [5.41, 5.74) is 3.97. The quantitative estimate of drug-likeness (QED) is 0.209. The number of carbonyl (C=O) groups excluding carboxylic acids is 2. The van der Waals surface area contributed by atoms with E-state index < -0.39 is 0 Å². The number of carbonyl (C=O) groups is 2. The Hall–Kier alpha value is -3.20. The first kappa shape index (κ1) is 28.4. The molecule has 0 aliphatic rings. The minimum absolute atomic E-state index is 0.00346. The number of H-pyrrole nitrogens is 1. The first-order chi connectivity index (χ1) is 17.9. The predicted octanol–water partition coefficient (Wildman–Crippen LogP) is 4.76. The van der Waals surface area contributed by atoms with E-state index in [9.17, 15) is 9.59 Å². The Morgan fingerprint density at radius 1 is 1.05 bits per heavy atom. The number of hydrogen-bond acceptors (Lipinski definition) is 6. The lowest BCUT2D eigenvalue weighted by molar-refractivity contribution is -0.134. The smallest absolute Gasteiger partial charge is 0.242 e. The monoisotopic (exact) mass is 522 g/mol. The van der Waals surface area contributed by atoms with E-state index in [1.54, 1.807) is 0 Å². The largest absolute Gasteiger partial charge is 0.347 e. The molecule has 0 saturated heterocycles. The molecule has 0 bridgehead atoms. The van der Waals surface area contributed by atoms with Crippen LogP contribution >= 0.6 is 12.6 Å². The van der Waals surface area contributed by atoms with Crippen molar-refractivity contribution in [2.75, 3.05) is 18.8 Å². The fourth-order valence-corrected chi connectivity index (χ4v) is 4.63. The molecule has 8 nitrogen and oxygen atoms in total. The third-order valence-electron chi connectivity index (χ3n) is 6.30. The maximum atomic E-state index is 13.1. The summed E-state index contributed by atoms with van der Waals surface area (Å²) in [6, 6.07) is 16.1. The highest BCUT2D eigenvalue weighted by molar-refractivity contribution is 7.80. The zero-order valence-electron chi connectivity index (χ0n) is 22.0.